The molecule has 40 heavy (non-hydrogen) atoms. The summed E-state index contributed by atoms with van der Waals surface area (Å²) in [5, 5.41) is 20.7. The van der Waals surface area contributed by atoms with Crippen molar-refractivity contribution in [2.75, 3.05) is 37.9 Å². The van der Waals surface area contributed by atoms with Crippen molar-refractivity contribution < 1.29 is 33.7 Å². The third-order valence-corrected chi connectivity index (χ3v) is 6.66. The fourth-order valence-corrected chi connectivity index (χ4v) is 4.60. The molecule has 0 unspecified atom stereocenters. The third kappa shape index (κ3) is 6.04. The molecule has 0 spiro atoms. The van der Waals surface area contributed by atoms with Crippen LogP contribution in [0.4, 0.5) is 5.82 Å². The monoisotopic (exact) mass is 563 g/mol. The van der Waals surface area contributed by atoms with E-state index in [9.17, 15) is 9.59 Å². The second-order valence-corrected chi connectivity index (χ2v) is 9.19. The number of rotatable bonds is 5. The highest BCUT2D eigenvalue weighted by molar-refractivity contribution is 7.80. The lowest BCUT2D eigenvalue weighted by Gasteiger charge is -2.36. The fraction of sp³-hybridized carbons (Fsp3) is 0.222. The topological polar surface area (TPSA) is 150 Å². The van der Waals surface area contributed by atoms with Gasteiger partial charge in [0, 0.05) is 50.3 Å². The number of aliphatic carboxylic acids is 2. The summed E-state index contributed by atoms with van der Waals surface area (Å²) >= 11 is 5.64. The normalized spacial score (nSPS) is 14.3. The highest BCUT2D eigenvalue weighted by atomic mass is 32.1. The van der Waals surface area contributed by atoms with Crippen LogP contribution in [0.5, 0.6) is 11.5 Å². The SMILES string of the molecule is O=C(O)/C=C\C(=O)O.S=C(NCc1ccc2c(c1)OCO2)N1CCN(c2ncnc3c2oc2ccccc23)CC1. The van der Waals surface area contributed by atoms with Crippen molar-refractivity contribution in [2.45, 2.75) is 6.54 Å². The molecule has 6 rings (SSSR count). The van der Waals surface area contributed by atoms with Gasteiger partial charge in [-0.2, -0.15) is 0 Å². The first kappa shape index (κ1) is 26.7. The second-order valence-electron chi connectivity index (χ2n) is 8.80. The number of nitrogens with one attached hydrogen (secondary N) is 1. The molecule has 0 atom stereocenters. The molecule has 4 heterocycles. The number of carbonyl (C=O) groups is 2. The summed E-state index contributed by atoms with van der Waals surface area (Å²) in [6.07, 6.45) is 2.73. The van der Waals surface area contributed by atoms with Crippen LogP contribution in [0.15, 0.2) is 65.4 Å². The van der Waals surface area contributed by atoms with Crippen molar-refractivity contribution >= 4 is 57.2 Å². The average Bonchev–Trinajstić information content (AvgIpc) is 3.59. The number of furan rings is 1. The van der Waals surface area contributed by atoms with Gasteiger partial charge in [-0.05, 0) is 42.0 Å². The van der Waals surface area contributed by atoms with Gasteiger partial charge in [0.1, 0.15) is 17.4 Å². The maximum atomic E-state index is 9.55. The van der Waals surface area contributed by atoms with Crippen LogP contribution in [0, 0.1) is 0 Å². The van der Waals surface area contributed by atoms with Gasteiger partial charge in [0.05, 0.1) is 0 Å². The van der Waals surface area contributed by atoms with Crippen LogP contribution in [-0.4, -0.2) is 75.1 Å². The molecular weight excluding hydrogens is 538 g/mol. The molecular formula is C27H25N5O7S. The maximum absolute atomic E-state index is 9.55. The molecule has 12 nitrogen and oxygen atoms in total. The van der Waals surface area contributed by atoms with Crippen LogP contribution in [0.1, 0.15) is 5.56 Å². The molecule has 0 bridgehead atoms. The Kier molecular flexibility index (Phi) is 7.92. The first-order chi connectivity index (χ1) is 19.4. The molecule has 2 aliphatic rings. The average molecular weight is 564 g/mol. The van der Waals surface area contributed by atoms with Crippen LogP contribution in [0.3, 0.4) is 0 Å². The highest BCUT2D eigenvalue weighted by Crippen LogP contribution is 2.33. The van der Waals surface area contributed by atoms with E-state index in [1.54, 1.807) is 6.33 Å². The van der Waals surface area contributed by atoms with Gasteiger partial charge in [-0.3, -0.25) is 0 Å². The molecule has 206 valence electrons. The first-order valence-electron chi connectivity index (χ1n) is 12.3. The summed E-state index contributed by atoms with van der Waals surface area (Å²) in [5.41, 5.74) is 3.53. The summed E-state index contributed by atoms with van der Waals surface area (Å²) in [6.45, 7) is 4.13. The van der Waals surface area contributed by atoms with E-state index < -0.39 is 11.9 Å². The molecule has 13 heteroatoms. The van der Waals surface area contributed by atoms with E-state index in [1.807, 2.05) is 42.5 Å². The number of thiocarbonyl (C=S) groups is 1. The van der Waals surface area contributed by atoms with Crippen molar-refractivity contribution in [3.63, 3.8) is 0 Å². The van der Waals surface area contributed by atoms with Gasteiger partial charge in [-0.1, -0.05) is 18.2 Å². The number of fused-ring (bicyclic) bond motifs is 4. The van der Waals surface area contributed by atoms with Gasteiger partial charge in [0.2, 0.25) is 6.79 Å². The molecule has 0 aliphatic carbocycles. The number of carboxylic acid groups (broad SMARTS) is 2. The zero-order valence-electron chi connectivity index (χ0n) is 21.1. The first-order valence-corrected chi connectivity index (χ1v) is 12.7. The van der Waals surface area contributed by atoms with Gasteiger partial charge in [0.25, 0.3) is 0 Å². The number of hydrogen-bond acceptors (Lipinski definition) is 9. The Bertz CT molecular complexity index is 1580. The van der Waals surface area contributed by atoms with Gasteiger partial charge in [-0.25, -0.2) is 19.6 Å². The summed E-state index contributed by atoms with van der Waals surface area (Å²) < 4.78 is 16.9. The number of carboxylic acids is 2. The predicted molar refractivity (Wildman–Crippen MR) is 150 cm³/mol. The number of anilines is 1. The molecule has 0 saturated carbocycles. The molecule has 4 aromatic rings. The van der Waals surface area contributed by atoms with E-state index >= 15 is 0 Å². The molecule has 0 amide bonds. The maximum Gasteiger partial charge on any atom is 0.328 e. The summed E-state index contributed by atoms with van der Waals surface area (Å²) in [6, 6.07) is 13.9. The Balaban J connectivity index is 0.000000355. The zero-order valence-corrected chi connectivity index (χ0v) is 22.0. The third-order valence-electron chi connectivity index (χ3n) is 6.25. The van der Waals surface area contributed by atoms with Gasteiger partial charge < -0.3 is 39.2 Å². The minimum absolute atomic E-state index is 0.279. The van der Waals surface area contributed by atoms with Crippen molar-refractivity contribution in [1.29, 1.82) is 0 Å². The predicted octanol–water partition coefficient (Wildman–Crippen LogP) is 3.01. The quantitative estimate of drug-likeness (QED) is 0.241. The van der Waals surface area contributed by atoms with E-state index in [4.69, 9.17) is 36.3 Å². The zero-order chi connectivity index (χ0) is 28.1. The minimum atomic E-state index is -1.26. The fourth-order valence-electron chi connectivity index (χ4n) is 4.34. The molecule has 2 aliphatic heterocycles. The number of nitrogens with zero attached hydrogens (tertiary/aromatic N) is 4. The Morgan fingerprint density at radius 3 is 2.45 bits per heavy atom. The van der Waals surface area contributed by atoms with E-state index in [-0.39, 0.29) is 6.79 Å². The molecule has 1 saturated heterocycles. The molecule has 2 aromatic heterocycles. The number of ether oxygens (including phenoxy) is 2. The van der Waals surface area contributed by atoms with E-state index in [0.29, 0.717) is 18.7 Å². The largest absolute Gasteiger partial charge is 0.478 e. The van der Waals surface area contributed by atoms with Gasteiger partial charge >= 0.3 is 11.9 Å². The second kappa shape index (κ2) is 11.9. The Labute approximate surface area is 233 Å². The van der Waals surface area contributed by atoms with Crippen molar-refractivity contribution in [3.8, 4) is 11.5 Å². The molecule has 0 radical (unpaired) electrons. The highest BCUT2D eigenvalue weighted by Gasteiger charge is 2.24. The van der Waals surface area contributed by atoms with Crippen LogP contribution < -0.4 is 19.7 Å². The number of aromatic nitrogens is 2. The standard InChI is InChI=1S/C23H21N5O3S.C4H4O4/c32-23(24-12-15-5-6-18-19(11-15)30-14-29-18)28-9-7-27(8-10-28)22-21-20(25-13-26-22)16-3-1-2-4-17(16)31-21;5-3(6)1-2-4(7)8/h1-6,11,13H,7-10,12,14H2,(H,24,32);1-2H,(H,5,6)(H,7,8)/b;2-1-. The van der Waals surface area contributed by atoms with Crippen molar-refractivity contribution in [3.05, 3.63) is 66.5 Å². The van der Waals surface area contributed by atoms with E-state index in [1.165, 1.54) is 0 Å². The summed E-state index contributed by atoms with van der Waals surface area (Å²) in [4.78, 5) is 32.5. The van der Waals surface area contributed by atoms with Gasteiger partial charge in [0.15, 0.2) is 28.0 Å². The van der Waals surface area contributed by atoms with Gasteiger partial charge in [-0.15, -0.1) is 0 Å². The number of piperazine rings is 1. The molecule has 3 N–H and O–H groups in total. The van der Waals surface area contributed by atoms with E-state index in [2.05, 4.69) is 25.1 Å². The lowest BCUT2D eigenvalue weighted by atomic mass is 10.2. The number of benzene rings is 2. The van der Waals surface area contributed by atoms with Crippen molar-refractivity contribution in [2.24, 2.45) is 0 Å². The Morgan fingerprint density at radius 1 is 0.975 bits per heavy atom. The van der Waals surface area contributed by atoms with Crippen LogP contribution in [-0.2, 0) is 16.1 Å². The van der Waals surface area contributed by atoms with Crippen LogP contribution >= 0.6 is 12.2 Å². The van der Waals surface area contributed by atoms with Crippen LogP contribution in [0.25, 0.3) is 22.1 Å². The number of para-hydroxylation sites is 1. The summed E-state index contributed by atoms with van der Waals surface area (Å²) in [5.74, 6) is -0.105. The Morgan fingerprint density at radius 2 is 1.70 bits per heavy atom. The van der Waals surface area contributed by atoms with E-state index in [0.717, 1.165) is 76.2 Å². The van der Waals surface area contributed by atoms with Crippen molar-refractivity contribution in [1.82, 2.24) is 20.2 Å². The molecule has 2 aromatic carbocycles. The lowest BCUT2D eigenvalue weighted by Crippen LogP contribution is -2.51. The Hall–Kier alpha value is -4.91. The number of hydrogen-bond donors (Lipinski definition) is 3. The minimum Gasteiger partial charge on any atom is -0.478 e. The van der Waals surface area contributed by atoms with Crippen LogP contribution in [0.2, 0.25) is 0 Å². The smallest absolute Gasteiger partial charge is 0.328 e. The summed E-state index contributed by atoms with van der Waals surface area (Å²) in [7, 11) is 0. The lowest BCUT2D eigenvalue weighted by molar-refractivity contribution is -0.134. The molecule has 1 fully saturated rings.